The van der Waals surface area contributed by atoms with Gasteiger partial charge in [0.2, 0.25) is 5.95 Å². The van der Waals surface area contributed by atoms with Gasteiger partial charge in [-0.3, -0.25) is 5.10 Å². The summed E-state index contributed by atoms with van der Waals surface area (Å²) in [5, 5.41) is 21.2. The molecule has 1 amide bonds. The predicted octanol–water partition coefficient (Wildman–Crippen LogP) is 0.723. The topological polar surface area (TPSA) is 128 Å². The van der Waals surface area contributed by atoms with E-state index in [0.29, 0.717) is 24.9 Å². The van der Waals surface area contributed by atoms with Crippen LogP contribution in [-0.2, 0) is 4.74 Å². The summed E-state index contributed by atoms with van der Waals surface area (Å²) in [7, 11) is 1.56. The average molecular weight is 333 g/mol. The minimum atomic E-state index is -1.07. The molecule has 1 aliphatic heterocycles. The SMILES string of the molecule is CO[C@H]1CN(c2nc(C)cc(Nc3ccn[nH]3)n2)C[C@H]1NC(=O)O. The number of aryl methyl sites for hydroxylation is 1. The summed E-state index contributed by atoms with van der Waals surface area (Å²) in [4.78, 5) is 21.8. The molecule has 3 rings (SSSR count). The quantitative estimate of drug-likeness (QED) is 0.630. The average Bonchev–Trinajstić information content (AvgIpc) is 3.15. The Hall–Kier alpha value is -2.88. The largest absolute Gasteiger partial charge is 0.465 e. The van der Waals surface area contributed by atoms with Crippen LogP contribution < -0.4 is 15.5 Å². The number of methoxy groups -OCH3 is 1. The molecule has 1 fully saturated rings. The van der Waals surface area contributed by atoms with Gasteiger partial charge >= 0.3 is 6.09 Å². The Morgan fingerprint density at radius 2 is 2.29 bits per heavy atom. The van der Waals surface area contributed by atoms with Crippen LogP contribution in [0.3, 0.4) is 0 Å². The maximum absolute atomic E-state index is 10.9. The predicted molar refractivity (Wildman–Crippen MR) is 86.6 cm³/mol. The van der Waals surface area contributed by atoms with E-state index in [9.17, 15) is 4.79 Å². The normalized spacial score (nSPS) is 20.2. The molecular formula is C14H19N7O3. The Balaban J connectivity index is 1.79. The molecule has 0 spiro atoms. The third-order valence-corrected chi connectivity index (χ3v) is 3.77. The van der Waals surface area contributed by atoms with Gasteiger partial charge in [-0.25, -0.2) is 9.78 Å². The minimum Gasteiger partial charge on any atom is -0.465 e. The van der Waals surface area contributed by atoms with Crippen LogP contribution in [-0.4, -0.2) is 63.7 Å². The van der Waals surface area contributed by atoms with Gasteiger partial charge in [-0.1, -0.05) is 0 Å². The first kappa shape index (κ1) is 16.0. The Bertz CT molecular complexity index is 706. The molecule has 0 unspecified atom stereocenters. The van der Waals surface area contributed by atoms with E-state index in [1.54, 1.807) is 19.4 Å². The number of rotatable bonds is 5. The molecule has 2 aromatic rings. The Morgan fingerprint density at radius 1 is 1.46 bits per heavy atom. The van der Waals surface area contributed by atoms with Crippen molar-refractivity contribution in [3.63, 3.8) is 0 Å². The standard InChI is InChI=1S/C14H19N7O3/c1-8-5-12(18-11-3-4-15-20-11)19-13(16-8)21-6-9(17-14(22)23)10(7-21)24-2/h3-5,9-10,17H,6-7H2,1-2H3,(H,22,23)(H2,15,16,18,19,20)/t9-,10+/m1/s1. The number of carbonyl (C=O) groups is 1. The highest BCUT2D eigenvalue weighted by atomic mass is 16.5. The van der Waals surface area contributed by atoms with Gasteiger partial charge in [-0.2, -0.15) is 10.1 Å². The molecule has 0 bridgehead atoms. The van der Waals surface area contributed by atoms with Gasteiger partial charge in [-0.05, 0) is 6.92 Å². The summed E-state index contributed by atoms with van der Waals surface area (Å²) >= 11 is 0. The molecule has 1 aliphatic rings. The number of carboxylic acid groups (broad SMARTS) is 1. The third-order valence-electron chi connectivity index (χ3n) is 3.77. The Kier molecular flexibility index (Phi) is 4.47. The fraction of sp³-hybridized carbons (Fsp3) is 0.429. The molecule has 0 radical (unpaired) electrons. The van der Waals surface area contributed by atoms with E-state index in [2.05, 4.69) is 30.8 Å². The Labute approximate surface area is 138 Å². The maximum Gasteiger partial charge on any atom is 0.405 e. The smallest absolute Gasteiger partial charge is 0.405 e. The molecule has 2 atom stereocenters. The van der Waals surface area contributed by atoms with Crippen LogP contribution in [0.5, 0.6) is 0 Å². The van der Waals surface area contributed by atoms with Crippen molar-refractivity contribution >= 4 is 23.7 Å². The van der Waals surface area contributed by atoms with Gasteiger partial charge in [0, 0.05) is 38.0 Å². The molecule has 10 heteroatoms. The van der Waals surface area contributed by atoms with E-state index < -0.39 is 6.09 Å². The van der Waals surface area contributed by atoms with Crippen LogP contribution in [0, 0.1) is 6.92 Å². The summed E-state index contributed by atoms with van der Waals surface area (Å²) in [5.41, 5.74) is 0.797. The first-order chi connectivity index (χ1) is 11.5. The zero-order valence-corrected chi connectivity index (χ0v) is 13.4. The Morgan fingerprint density at radius 3 is 2.96 bits per heavy atom. The van der Waals surface area contributed by atoms with Crippen molar-refractivity contribution in [2.24, 2.45) is 0 Å². The second-order valence-corrected chi connectivity index (χ2v) is 5.53. The number of hydrogen-bond acceptors (Lipinski definition) is 7. The van der Waals surface area contributed by atoms with E-state index in [-0.39, 0.29) is 12.1 Å². The number of aromatic nitrogens is 4. The van der Waals surface area contributed by atoms with Crippen LogP contribution in [0.25, 0.3) is 0 Å². The summed E-state index contributed by atoms with van der Waals surface area (Å²) in [6.45, 7) is 2.83. The molecule has 3 heterocycles. The molecule has 24 heavy (non-hydrogen) atoms. The minimum absolute atomic E-state index is 0.255. The molecule has 2 aromatic heterocycles. The van der Waals surface area contributed by atoms with E-state index in [1.807, 2.05) is 17.9 Å². The molecule has 0 saturated carbocycles. The summed E-state index contributed by atoms with van der Waals surface area (Å²) in [5.74, 6) is 1.87. The van der Waals surface area contributed by atoms with Gasteiger partial charge in [0.25, 0.3) is 0 Å². The molecular weight excluding hydrogens is 314 g/mol. The van der Waals surface area contributed by atoms with Crippen molar-refractivity contribution in [2.45, 2.75) is 19.1 Å². The van der Waals surface area contributed by atoms with Gasteiger partial charge in [0.1, 0.15) is 11.6 Å². The van der Waals surface area contributed by atoms with Crippen LogP contribution in [0.1, 0.15) is 5.69 Å². The number of nitrogens with one attached hydrogen (secondary N) is 3. The van der Waals surface area contributed by atoms with Crippen LogP contribution in [0.15, 0.2) is 18.3 Å². The number of anilines is 3. The number of nitrogens with zero attached hydrogens (tertiary/aromatic N) is 4. The van der Waals surface area contributed by atoms with Gasteiger partial charge < -0.3 is 25.4 Å². The fourth-order valence-corrected chi connectivity index (χ4v) is 2.70. The fourth-order valence-electron chi connectivity index (χ4n) is 2.70. The first-order valence-electron chi connectivity index (χ1n) is 7.44. The number of ether oxygens (including phenoxy) is 1. The second-order valence-electron chi connectivity index (χ2n) is 5.53. The lowest BCUT2D eigenvalue weighted by molar-refractivity contribution is 0.0949. The molecule has 128 valence electrons. The van der Waals surface area contributed by atoms with Gasteiger partial charge in [0.15, 0.2) is 0 Å². The lowest BCUT2D eigenvalue weighted by Crippen LogP contribution is -2.42. The van der Waals surface area contributed by atoms with Crippen LogP contribution in [0.2, 0.25) is 0 Å². The van der Waals surface area contributed by atoms with E-state index in [1.165, 1.54) is 0 Å². The molecule has 4 N–H and O–H groups in total. The van der Waals surface area contributed by atoms with Gasteiger partial charge in [-0.15, -0.1) is 0 Å². The second kappa shape index (κ2) is 6.71. The van der Waals surface area contributed by atoms with Crippen molar-refractivity contribution in [1.29, 1.82) is 0 Å². The lowest BCUT2D eigenvalue weighted by atomic mass is 10.2. The zero-order valence-electron chi connectivity index (χ0n) is 13.4. The van der Waals surface area contributed by atoms with E-state index in [4.69, 9.17) is 9.84 Å². The molecule has 1 saturated heterocycles. The molecule has 0 aliphatic carbocycles. The van der Waals surface area contributed by atoms with Crippen LogP contribution in [0.4, 0.5) is 22.4 Å². The van der Waals surface area contributed by atoms with Gasteiger partial charge in [0.05, 0.1) is 18.3 Å². The van der Waals surface area contributed by atoms with Crippen molar-refractivity contribution in [3.05, 3.63) is 24.0 Å². The lowest BCUT2D eigenvalue weighted by Gasteiger charge is -2.17. The highest BCUT2D eigenvalue weighted by molar-refractivity contribution is 5.65. The number of aromatic amines is 1. The number of amides is 1. The summed E-state index contributed by atoms with van der Waals surface area (Å²) < 4.78 is 5.37. The first-order valence-corrected chi connectivity index (χ1v) is 7.44. The monoisotopic (exact) mass is 333 g/mol. The molecule has 0 aromatic carbocycles. The summed E-state index contributed by atoms with van der Waals surface area (Å²) in [6.07, 6.45) is 0.313. The number of H-pyrrole nitrogens is 1. The zero-order chi connectivity index (χ0) is 17.1. The van der Waals surface area contributed by atoms with Crippen molar-refractivity contribution in [3.8, 4) is 0 Å². The van der Waals surface area contributed by atoms with Crippen LogP contribution >= 0.6 is 0 Å². The number of hydrogen-bond donors (Lipinski definition) is 4. The van der Waals surface area contributed by atoms with Crippen molar-refractivity contribution in [2.75, 3.05) is 30.4 Å². The van der Waals surface area contributed by atoms with E-state index >= 15 is 0 Å². The van der Waals surface area contributed by atoms with E-state index in [0.717, 1.165) is 11.5 Å². The third kappa shape index (κ3) is 3.54. The highest BCUT2D eigenvalue weighted by Gasteiger charge is 2.35. The highest BCUT2D eigenvalue weighted by Crippen LogP contribution is 2.22. The molecule has 10 nitrogen and oxygen atoms in total. The maximum atomic E-state index is 10.9. The van der Waals surface area contributed by atoms with Crippen molar-refractivity contribution < 1.29 is 14.6 Å². The summed E-state index contributed by atoms with van der Waals surface area (Å²) in [6, 6.07) is 3.28. The van der Waals surface area contributed by atoms with Crippen molar-refractivity contribution in [1.82, 2.24) is 25.5 Å².